The third-order valence-electron chi connectivity index (χ3n) is 5.44. The number of nitrogens with zero attached hydrogens (tertiary/aromatic N) is 1. The quantitative estimate of drug-likeness (QED) is 0.559. The maximum absolute atomic E-state index is 14.0. The Hall–Kier alpha value is -2.58. The molecule has 2 aromatic carbocycles. The van der Waals surface area contributed by atoms with Crippen molar-refractivity contribution < 1.29 is 27.4 Å². The SMILES string of the molecule is COc1cc(C)c(S(=O)(=O)N2c3ccccc3CCC2COCC(=O)OC(C)(C)C)c(C)c1. The molecule has 0 fully saturated rings. The van der Waals surface area contributed by atoms with Gasteiger partial charge in [-0.3, -0.25) is 4.31 Å². The molecule has 2 aromatic rings. The molecule has 1 aliphatic heterocycles. The Morgan fingerprint density at radius 2 is 1.76 bits per heavy atom. The van der Waals surface area contributed by atoms with E-state index in [0.29, 0.717) is 29.0 Å². The minimum absolute atomic E-state index is 0.0844. The minimum atomic E-state index is -3.91. The molecule has 0 amide bonds. The summed E-state index contributed by atoms with van der Waals surface area (Å²) in [6, 6.07) is 10.5. The van der Waals surface area contributed by atoms with Crippen LogP contribution >= 0.6 is 0 Å². The van der Waals surface area contributed by atoms with Crippen molar-refractivity contribution in [2.24, 2.45) is 0 Å². The highest BCUT2D eigenvalue weighted by molar-refractivity contribution is 7.93. The van der Waals surface area contributed by atoms with Crippen LogP contribution in [0.3, 0.4) is 0 Å². The van der Waals surface area contributed by atoms with Gasteiger partial charge in [-0.2, -0.15) is 0 Å². The van der Waals surface area contributed by atoms with E-state index >= 15 is 0 Å². The molecule has 0 bridgehead atoms. The summed E-state index contributed by atoms with van der Waals surface area (Å²) in [7, 11) is -2.35. The topological polar surface area (TPSA) is 82.1 Å². The zero-order valence-electron chi connectivity index (χ0n) is 20.2. The van der Waals surface area contributed by atoms with Crippen LogP contribution in [-0.4, -0.2) is 46.4 Å². The monoisotopic (exact) mass is 475 g/mol. The number of para-hydroxylation sites is 1. The lowest BCUT2D eigenvalue weighted by atomic mass is 9.98. The van der Waals surface area contributed by atoms with Gasteiger partial charge in [-0.05, 0) is 82.3 Å². The van der Waals surface area contributed by atoms with E-state index in [0.717, 1.165) is 12.0 Å². The summed E-state index contributed by atoms with van der Waals surface area (Å²) in [5.74, 6) is 0.134. The third kappa shape index (κ3) is 5.68. The Bertz CT molecular complexity index is 1100. The van der Waals surface area contributed by atoms with Crippen molar-refractivity contribution in [2.75, 3.05) is 24.6 Å². The van der Waals surface area contributed by atoms with Gasteiger partial charge < -0.3 is 14.2 Å². The number of esters is 1. The Balaban J connectivity index is 1.94. The summed E-state index contributed by atoms with van der Waals surface area (Å²) in [6.45, 7) is 8.76. The van der Waals surface area contributed by atoms with Gasteiger partial charge >= 0.3 is 5.97 Å². The van der Waals surface area contributed by atoms with Crippen LogP contribution in [0.5, 0.6) is 5.75 Å². The van der Waals surface area contributed by atoms with E-state index in [4.69, 9.17) is 14.2 Å². The van der Waals surface area contributed by atoms with Crippen molar-refractivity contribution in [2.45, 2.75) is 64.0 Å². The predicted octanol–water partition coefficient (Wildman–Crippen LogP) is 4.18. The number of methoxy groups -OCH3 is 1. The number of benzene rings is 2. The maximum atomic E-state index is 14.0. The standard InChI is InChI=1S/C25H33NO6S/c1-17-13-21(30-6)14-18(2)24(17)33(28,29)26-20(12-11-19-9-7-8-10-22(19)26)15-31-16-23(27)32-25(3,4)5/h7-10,13-14,20H,11-12,15-16H2,1-6H3. The molecule has 0 radical (unpaired) electrons. The van der Waals surface area contributed by atoms with E-state index in [1.165, 1.54) is 4.31 Å². The van der Waals surface area contributed by atoms with E-state index in [1.807, 2.05) is 24.3 Å². The smallest absolute Gasteiger partial charge is 0.332 e. The van der Waals surface area contributed by atoms with Gasteiger partial charge in [-0.1, -0.05) is 18.2 Å². The first-order chi connectivity index (χ1) is 15.4. The molecule has 8 heteroatoms. The van der Waals surface area contributed by atoms with Crippen LogP contribution in [0.15, 0.2) is 41.3 Å². The van der Waals surface area contributed by atoms with Crippen molar-refractivity contribution in [1.82, 2.24) is 0 Å². The average Bonchev–Trinajstić information content (AvgIpc) is 2.71. The zero-order chi connectivity index (χ0) is 24.4. The fourth-order valence-electron chi connectivity index (χ4n) is 4.23. The second-order valence-corrected chi connectivity index (χ2v) is 11.1. The van der Waals surface area contributed by atoms with E-state index in [1.54, 1.807) is 53.9 Å². The second-order valence-electron chi connectivity index (χ2n) is 9.31. The Morgan fingerprint density at radius 3 is 2.36 bits per heavy atom. The van der Waals surface area contributed by atoms with Crippen LogP contribution in [0.4, 0.5) is 5.69 Å². The minimum Gasteiger partial charge on any atom is -0.497 e. The lowest BCUT2D eigenvalue weighted by Gasteiger charge is -2.38. The number of aryl methyl sites for hydroxylation is 3. The van der Waals surface area contributed by atoms with E-state index in [-0.39, 0.29) is 18.1 Å². The largest absolute Gasteiger partial charge is 0.497 e. The molecule has 1 atom stereocenters. The average molecular weight is 476 g/mol. The molecule has 180 valence electrons. The highest BCUT2D eigenvalue weighted by Crippen LogP contribution is 2.38. The van der Waals surface area contributed by atoms with Crippen LogP contribution < -0.4 is 9.04 Å². The number of anilines is 1. The normalized spacial score (nSPS) is 16.3. The summed E-state index contributed by atoms with van der Waals surface area (Å²) in [5.41, 5.74) is 2.23. The predicted molar refractivity (Wildman–Crippen MR) is 127 cm³/mol. The summed E-state index contributed by atoms with van der Waals surface area (Å²) in [6.07, 6.45) is 1.31. The van der Waals surface area contributed by atoms with Gasteiger partial charge in [0, 0.05) is 0 Å². The number of ether oxygens (including phenoxy) is 3. The Kier molecular flexibility index (Phi) is 7.39. The molecule has 0 aromatic heterocycles. The number of carbonyl (C=O) groups is 1. The molecular formula is C25H33NO6S. The molecular weight excluding hydrogens is 442 g/mol. The van der Waals surface area contributed by atoms with Gasteiger partial charge in [0.2, 0.25) is 0 Å². The van der Waals surface area contributed by atoms with Gasteiger partial charge in [-0.15, -0.1) is 0 Å². The summed E-state index contributed by atoms with van der Waals surface area (Å²) < 4.78 is 45.8. The Morgan fingerprint density at radius 1 is 1.12 bits per heavy atom. The number of rotatable bonds is 7. The summed E-state index contributed by atoms with van der Waals surface area (Å²) in [4.78, 5) is 12.3. The molecule has 0 spiro atoms. The van der Waals surface area contributed by atoms with Crippen molar-refractivity contribution >= 4 is 21.7 Å². The van der Waals surface area contributed by atoms with Crippen molar-refractivity contribution in [3.63, 3.8) is 0 Å². The fraction of sp³-hybridized carbons (Fsp3) is 0.480. The van der Waals surface area contributed by atoms with E-state index < -0.39 is 27.6 Å². The maximum Gasteiger partial charge on any atom is 0.332 e. The van der Waals surface area contributed by atoms with Gasteiger partial charge in [-0.25, -0.2) is 13.2 Å². The van der Waals surface area contributed by atoms with Gasteiger partial charge in [0.25, 0.3) is 10.0 Å². The van der Waals surface area contributed by atoms with Gasteiger partial charge in [0.1, 0.15) is 18.0 Å². The van der Waals surface area contributed by atoms with Crippen molar-refractivity contribution in [1.29, 1.82) is 0 Å². The number of sulfonamides is 1. The van der Waals surface area contributed by atoms with Crippen molar-refractivity contribution in [3.8, 4) is 5.75 Å². The molecule has 0 saturated carbocycles. The lowest BCUT2D eigenvalue weighted by molar-refractivity contribution is -0.160. The highest BCUT2D eigenvalue weighted by atomic mass is 32.2. The zero-order valence-corrected chi connectivity index (χ0v) is 21.0. The molecule has 3 rings (SSSR count). The van der Waals surface area contributed by atoms with E-state index in [2.05, 4.69) is 0 Å². The van der Waals surface area contributed by atoms with Crippen molar-refractivity contribution in [3.05, 3.63) is 53.1 Å². The number of hydrogen-bond donors (Lipinski definition) is 0. The molecule has 1 heterocycles. The van der Waals surface area contributed by atoms with Crippen LogP contribution in [0.2, 0.25) is 0 Å². The lowest BCUT2D eigenvalue weighted by Crippen LogP contribution is -2.46. The molecule has 1 aliphatic rings. The van der Waals surface area contributed by atoms with Crippen LogP contribution in [0, 0.1) is 13.8 Å². The highest BCUT2D eigenvalue weighted by Gasteiger charge is 2.38. The van der Waals surface area contributed by atoms with Crippen LogP contribution in [0.1, 0.15) is 43.9 Å². The van der Waals surface area contributed by atoms with Crippen LogP contribution in [-0.2, 0) is 30.7 Å². The van der Waals surface area contributed by atoms with Gasteiger partial charge in [0.05, 0.1) is 30.3 Å². The third-order valence-corrected chi connectivity index (χ3v) is 7.62. The molecule has 0 aliphatic carbocycles. The number of hydrogen-bond acceptors (Lipinski definition) is 6. The molecule has 33 heavy (non-hydrogen) atoms. The first kappa shape index (κ1) is 25.1. The molecule has 1 unspecified atom stereocenters. The Labute approximate surface area is 196 Å². The number of fused-ring (bicyclic) bond motifs is 1. The molecule has 0 N–H and O–H groups in total. The number of carbonyl (C=O) groups excluding carboxylic acids is 1. The second kappa shape index (κ2) is 9.73. The van der Waals surface area contributed by atoms with Crippen LogP contribution in [0.25, 0.3) is 0 Å². The molecule has 0 saturated heterocycles. The first-order valence-corrected chi connectivity index (χ1v) is 12.4. The first-order valence-electron chi connectivity index (χ1n) is 11.0. The molecule has 7 nitrogen and oxygen atoms in total. The fourth-order valence-corrected chi connectivity index (χ4v) is 6.36. The summed E-state index contributed by atoms with van der Waals surface area (Å²) in [5, 5.41) is 0. The van der Waals surface area contributed by atoms with Gasteiger partial charge in [0.15, 0.2) is 0 Å². The van der Waals surface area contributed by atoms with E-state index in [9.17, 15) is 13.2 Å². The summed E-state index contributed by atoms with van der Waals surface area (Å²) >= 11 is 0.